The Kier molecular flexibility index (Phi) is 4.89. The minimum absolute atomic E-state index is 0.0631. The summed E-state index contributed by atoms with van der Waals surface area (Å²) in [5.41, 5.74) is -0.0631. The fraction of sp³-hybridized carbons (Fsp3) is 0.214. The Hall–Kier alpha value is -2.41. The normalized spacial score (nSPS) is 10.1. The number of rotatable bonds is 6. The van der Waals surface area contributed by atoms with Crippen LogP contribution in [0.4, 0.5) is 5.69 Å². The van der Waals surface area contributed by atoms with Crippen LogP contribution in [0.15, 0.2) is 41.8 Å². The Morgan fingerprint density at radius 1 is 1.38 bits per heavy atom. The summed E-state index contributed by atoms with van der Waals surface area (Å²) in [6, 6.07) is 9.66. The smallest absolute Gasteiger partial charge is 0.273 e. The molecule has 1 heterocycles. The number of likely N-dealkylation sites (N-methyl/N-ethyl adjacent to an activating group) is 1. The zero-order valence-electron chi connectivity index (χ0n) is 11.4. The molecule has 1 aromatic heterocycles. The summed E-state index contributed by atoms with van der Waals surface area (Å²) in [6.07, 6.45) is 0. The highest BCUT2D eigenvalue weighted by molar-refractivity contribution is 7.09. The predicted octanol–water partition coefficient (Wildman–Crippen LogP) is 2.69. The van der Waals surface area contributed by atoms with Gasteiger partial charge in [-0.25, -0.2) is 0 Å². The first-order chi connectivity index (χ1) is 10.1. The van der Waals surface area contributed by atoms with Crippen LogP contribution in [0, 0.1) is 10.1 Å². The van der Waals surface area contributed by atoms with Gasteiger partial charge in [-0.05, 0) is 17.5 Å². The van der Waals surface area contributed by atoms with E-state index in [1.807, 2.05) is 17.5 Å². The van der Waals surface area contributed by atoms with E-state index in [-0.39, 0.29) is 18.2 Å². The van der Waals surface area contributed by atoms with Crippen LogP contribution in [0.5, 0.6) is 5.75 Å². The molecule has 0 aliphatic heterocycles. The zero-order chi connectivity index (χ0) is 15.2. The van der Waals surface area contributed by atoms with Gasteiger partial charge in [0.15, 0.2) is 6.61 Å². The van der Waals surface area contributed by atoms with E-state index >= 15 is 0 Å². The van der Waals surface area contributed by atoms with Gasteiger partial charge in [-0.2, -0.15) is 0 Å². The number of hydrogen-bond acceptors (Lipinski definition) is 5. The highest BCUT2D eigenvalue weighted by Crippen LogP contribution is 2.19. The molecular formula is C14H14N2O4S. The lowest BCUT2D eigenvalue weighted by atomic mass is 10.3. The van der Waals surface area contributed by atoms with E-state index in [1.165, 1.54) is 18.2 Å². The summed E-state index contributed by atoms with van der Waals surface area (Å²) in [4.78, 5) is 24.7. The molecule has 6 nitrogen and oxygen atoms in total. The largest absolute Gasteiger partial charge is 0.484 e. The molecule has 1 aromatic carbocycles. The van der Waals surface area contributed by atoms with E-state index in [1.54, 1.807) is 29.4 Å². The number of benzene rings is 1. The van der Waals surface area contributed by atoms with Crippen molar-refractivity contribution in [2.45, 2.75) is 6.54 Å². The number of thiophene rings is 1. The average molecular weight is 306 g/mol. The van der Waals surface area contributed by atoms with E-state index in [4.69, 9.17) is 4.74 Å². The molecule has 0 aliphatic carbocycles. The molecule has 0 bridgehead atoms. The molecule has 0 saturated carbocycles. The maximum absolute atomic E-state index is 11.9. The van der Waals surface area contributed by atoms with Crippen molar-refractivity contribution in [3.05, 3.63) is 56.8 Å². The standard InChI is InChI=1S/C14H14N2O4S/c1-15(9-13-6-3-7-21-13)14(17)10-20-12-5-2-4-11(8-12)16(18)19/h2-8H,9-10H2,1H3. The fourth-order valence-electron chi connectivity index (χ4n) is 1.67. The Morgan fingerprint density at radius 2 is 2.19 bits per heavy atom. The Labute approximate surface area is 125 Å². The minimum Gasteiger partial charge on any atom is -0.484 e. The summed E-state index contributed by atoms with van der Waals surface area (Å²) in [6.45, 7) is 0.373. The SMILES string of the molecule is CN(Cc1cccs1)C(=O)COc1cccc([N+](=O)[O-])c1. The maximum atomic E-state index is 11.9. The van der Waals surface area contributed by atoms with E-state index in [0.717, 1.165) is 4.88 Å². The monoisotopic (exact) mass is 306 g/mol. The molecule has 0 fully saturated rings. The lowest BCUT2D eigenvalue weighted by Crippen LogP contribution is -2.30. The Morgan fingerprint density at radius 3 is 2.86 bits per heavy atom. The highest BCUT2D eigenvalue weighted by Gasteiger charge is 2.12. The predicted molar refractivity (Wildman–Crippen MR) is 79.4 cm³/mol. The molecule has 0 radical (unpaired) electrons. The third kappa shape index (κ3) is 4.28. The van der Waals surface area contributed by atoms with Crippen molar-refractivity contribution < 1.29 is 14.5 Å². The van der Waals surface area contributed by atoms with Gasteiger partial charge >= 0.3 is 0 Å². The van der Waals surface area contributed by atoms with Crippen LogP contribution in [0.3, 0.4) is 0 Å². The first-order valence-corrected chi connectivity index (χ1v) is 7.08. The van der Waals surface area contributed by atoms with Crippen molar-refractivity contribution in [2.24, 2.45) is 0 Å². The molecular weight excluding hydrogens is 292 g/mol. The van der Waals surface area contributed by atoms with Crippen LogP contribution >= 0.6 is 11.3 Å². The number of carbonyl (C=O) groups excluding carboxylic acids is 1. The quantitative estimate of drug-likeness (QED) is 0.607. The molecule has 0 unspecified atom stereocenters. The molecule has 21 heavy (non-hydrogen) atoms. The molecule has 0 aliphatic rings. The van der Waals surface area contributed by atoms with Crippen LogP contribution in [0.25, 0.3) is 0 Å². The van der Waals surface area contributed by atoms with E-state index in [9.17, 15) is 14.9 Å². The lowest BCUT2D eigenvalue weighted by molar-refractivity contribution is -0.384. The molecule has 0 atom stereocenters. The first-order valence-electron chi connectivity index (χ1n) is 6.20. The number of nitro benzene ring substituents is 1. The molecule has 2 rings (SSSR count). The van der Waals surface area contributed by atoms with E-state index < -0.39 is 4.92 Å². The van der Waals surface area contributed by atoms with Crippen molar-refractivity contribution in [1.82, 2.24) is 4.90 Å². The second kappa shape index (κ2) is 6.85. The van der Waals surface area contributed by atoms with Crippen molar-refractivity contribution in [3.63, 3.8) is 0 Å². The number of amides is 1. The topological polar surface area (TPSA) is 72.7 Å². The summed E-state index contributed by atoms with van der Waals surface area (Å²) < 4.78 is 5.31. The maximum Gasteiger partial charge on any atom is 0.273 e. The van der Waals surface area contributed by atoms with Gasteiger partial charge in [-0.15, -0.1) is 11.3 Å². The van der Waals surface area contributed by atoms with Gasteiger partial charge in [0.25, 0.3) is 11.6 Å². The Balaban J connectivity index is 1.88. The van der Waals surface area contributed by atoms with Crippen molar-refractivity contribution in [3.8, 4) is 5.75 Å². The molecule has 1 amide bonds. The second-order valence-corrected chi connectivity index (χ2v) is 5.40. The van der Waals surface area contributed by atoms with Gasteiger partial charge in [0.05, 0.1) is 17.5 Å². The van der Waals surface area contributed by atoms with Gasteiger partial charge in [0.2, 0.25) is 0 Å². The summed E-state index contributed by atoms with van der Waals surface area (Å²) in [5.74, 6) is 0.122. The molecule has 0 saturated heterocycles. The third-order valence-electron chi connectivity index (χ3n) is 2.79. The number of hydrogen-bond donors (Lipinski definition) is 0. The first kappa shape index (κ1) is 15.0. The van der Waals surface area contributed by atoms with Crippen molar-refractivity contribution in [1.29, 1.82) is 0 Å². The summed E-state index contributed by atoms with van der Waals surface area (Å²) in [7, 11) is 1.69. The van der Waals surface area contributed by atoms with E-state index in [0.29, 0.717) is 12.3 Å². The number of nitro groups is 1. The van der Waals surface area contributed by atoms with Gasteiger partial charge < -0.3 is 9.64 Å². The fourth-order valence-corrected chi connectivity index (χ4v) is 2.42. The van der Waals surface area contributed by atoms with Crippen molar-refractivity contribution in [2.75, 3.05) is 13.7 Å². The van der Waals surface area contributed by atoms with Crippen LogP contribution in [0.1, 0.15) is 4.88 Å². The zero-order valence-corrected chi connectivity index (χ0v) is 12.2. The summed E-state index contributed by atoms with van der Waals surface area (Å²) in [5, 5.41) is 12.6. The van der Waals surface area contributed by atoms with Crippen LogP contribution in [-0.4, -0.2) is 29.4 Å². The minimum atomic E-state index is -0.502. The van der Waals surface area contributed by atoms with Crippen LogP contribution < -0.4 is 4.74 Å². The van der Waals surface area contributed by atoms with Crippen molar-refractivity contribution >= 4 is 22.9 Å². The lowest BCUT2D eigenvalue weighted by Gasteiger charge is -2.16. The van der Waals surface area contributed by atoms with Crippen LogP contribution in [0.2, 0.25) is 0 Å². The average Bonchev–Trinajstić information content (AvgIpc) is 2.97. The third-order valence-corrected chi connectivity index (χ3v) is 3.65. The number of carbonyl (C=O) groups is 1. The summed E-state index contributed by atoms with van der Waals surface area (Å²) >= 11 is 1.58. The Bertz CT molecular complexity index is 628. The molecule has 110 valence electrons. The molecule has 0 N–H and O–H groups in total. The second-order valence-electron chi connectivity index (χ2n) is 4.37. The van der Waals surface area contributed by atoms with E-state index in [2.05, 4.69) is 0 Å². The molecule has 0 spiro atoms. The number of ether oxygens (including phenoxy) is 1. The van der Waals surface area contributed by atoms with Gasteiger partial charge in [-0.3, -0.25) is 14.9 Å². The highest BCUT2D eigenvalue weighted by atomic mass is 32.1. The molecule has 2 aromatic rings. The van der Waals surface area contributed by atoms with Gasteiger partial charge in [0, 0.05) is 18.0 Å². The number of non-ortho nitro benzene ring substituents is 1. The number of nitrogens with zero attached hydrogens (tertiary/aromatic N) is 2. The molecule has 7 heteroatoms. The van der Waals surface area contributed by atoms with Crippen LogP contribution in [-0.2, 0) is 11.3 Å². The van der Waals surface area contributed by atoms with Gasteiger partial charge in [-0.1, -0.05) is 12.1 Å². The van der Waals surface area contributed by atoms with Gasteiger partial charge in [0.1, 0.15) is 5.75 Å².